The molecule has 2 amide bonds. The number of halogens is 3. The van der Waals surface area contributed by atoms with Gasteiger partial charge in [-0.1, -0.05) is 60.3 Å². The summed E-state index contributed by atoms with van der Waals surface area (Å²) in [6.45, 7) is 3.54. The molecule has 2 aromatic carbocycles. The Balaban J connectivity index is 2.41. The van der Waals surface area contributed by atoms with Crippen molar-refractivity contribution in [2.45, 2.75) is 39.3 Å². The fourth-order valence-electron chi connectivity index (χ4n) is 3.34. The normalized spacial score (nSPS) is 12.1. The number of methoxy groups -OCH3 is 1. The van der Waals surface area contributed by atoms with Crippen LogP contribution in [0.1, 0.15) is 32.3 Å². The minimum atomic E-state index is -3.96. The van der Waals surface area contributed by atoms with Gasteiger partial charge in [-0.25, -0.2) is 8.42 Å². The number of hydrogen-bond acceptors (Lipinski definition) is 5. The lowest BCUT2D eigenvalue weighted by Crippen LogP contribution is -2.51. The summed E-state index contributed by atoms with van der Waals surface area (Å²) >= 11 is 18.3. The second-order valence-corrected chi connectivity index (χ2v) is 11.3. The highest BCUT2D eigenvalue weighted by atomic mass is 35.5. The van der Waals surface area contributed by atoms with Gasteiger partial charge >= 0.3 is 0 Å². The van der Waals surface area contributed by atoms with Crippen LogP contribution in [0.4, 0.5) is 5.69 Å². The van der Waals surface area contributed by atoms with Crippen LogP contribution in [-0.4, -0.2) is 57.6 Å². The van der Waals surface area contributed by atoms with Gasteiger partial charge < -0.3 is 15.0 Å². The molecule has 1 atom stereocenters. The number of nitrogens with zero attached hydrogens (tertiary/aromatic N) is 2. The molecule has 8 nitrogen and oxygen atoms in total. The zero-order chi connectivity index (χ0) is 27.0. The third-order valence-corrected chi connectivity index (χ3v) is 7.60. The number of amides is 2. The molecule has 0 spiro atoms. The topological polar surface area (TPSA) is 96.0 Å². The number of anilines is 1. The molecular weight excluding hydrogens is 549 g/mol. The molecule has 0 fully saturated rings. The molecule has 1 N–H and O–H groups in total. The maximum absolute atomic E-state index is 13.6. The van der Waals surface area contributed by atoms with E-state index in [2.05, 4.69) is 5.32 Å². The monoisotopic (exact) mass is 577 g/mol. The molecule has 2 aromatic rings. The molecule has 0 aliphatic carbocycles. The lowest BCUT2D eigenvalue weighted by atomic mass is 10.1. The smallest absolute Gasteiger partial charge is 0.244 e. The van der Waals surface area contributed by atoms with Crippen LogP contribution < -0.4 is 14.4 Å². The first-order chi connectivity index (χ1) is 16.9. The molecule has 0 heterocycles. The number of nitrogens with one attached hydrogen (secondary N) is 1. The van der Waals surface area contributed by atoms with Crippen LogP contribution in [0.15, 0.2) is 36.4 Å². The minimum Gasteiger partial charge on any atom is -0.497 e. The van der Waals surface area contributed by atoms with Crippen LogP contribution in [0.25, 0.3) is 0 Å². The summed E-state index contributed by atoms with van der Waals surface area (Å²) in [5, 5.41) is 3.05. The summed E-state index contributed by atoms with van der Waals surface area (Å²) in [5.41, 5.74) is 0.738. The number of sulfonamides is 1. The van der Waals surface area contributed by atoms with Crippen molar-refractivity contribution in [3.63, 3.8) is 0 Å². The summed E-state index contributed by atoms with van der Waals surface area (Å²) < 4.78 is 31.4. The van der Waals surface area contributed by atoms with E-state index in [1.807, 2.05) is 6.92 Å². The number of carbonyl (C=O) groups excluding carboxylic acids is 2. The maximum atomic E-state index is 13.6. The summed E-state index contributed by atoms with van der Waals surface area (Å²) in [6, 6.07) is 8.74. The Kier molecular flexibility index (Phi) is 11.2. The first-order valence-corrected chi connectivity index (χ1v) is 14.2. The molecule has 36 heavy (non-hydrogen) atoms. The van der Waals surface area contributed by atoms with Gasteiger partial charge in [-0.05, 0) is 43.2 Å². The van der Waals surface area contributed by atoms with Crippen molar-refractivity contribution in [3.05, 3.63) is 57.0 Å². The molecular formula is C24H30Cl3N3O5S. The number of unbranched alkanes of at least 4 members (excludes halogenated alkanes) is 1. The maximum Gasteiger partial charge on any atom is 0.244 e. The Morgan fingerprint density at radius 3 is 2.22 bits per heavy atom. The minimum absolute atomic E-state index is 0.00589. The number of ether oxygens (including phenoxy) is 1. The second kappa shape index (κ2) is 13.4. The van der Waals surface area contributed by atoms with E-state index in [1.54, 1.807) is 38.3 Å². The lowest BCUT2D eigenvalue weighted by molar-refractivity contribution is -0.139. The highest BCUT2D eigenvalue weighted by Gasteiger charge is 2.31. The SMILES string of the molecule is CCCCNC(=O)[C@@H](C)N(Cc1ccc(OC)cc1)C(=O)CN(c1cc(Cl)c(Cl)cc1Cl)S(C)(=O)=O. The molecule has 0 aromatic heterocycles. The lowest BCUT2D eigenvalue weighted by Gasteiger charge is -2.31. The number of carbonyl (C=O) groups is 2. The molecule has 2 rings (SSSR count). The molecule has 12 heteroatoms. The van der Waals surface area contributed by atoms with E-state index in [0.717, 1.165) is 29.0 Å². The third-order valence-electron chi connectivity index (χ3n) is 5.45. The third kappa shape index (κ3) is 8.16. The van der Waals surface area contributed by atoms with E-state index in [0.29, 0.717) is 12.3 Å². The fourth-order valence-corrected chi connectivity index (χ4v) is 4.89. The standard InChI is InChI=1S/C24H30Cl3N3O5S/c1-5-6-11-28-24(32)16(2)29(14-17-7-9-18(35-3)10-8-17)23(31)15-30(36(4,33)34)22-13-20(26)19(25)12-21(22)27/h7-10,12-13,16H,5-6,11,14-15H2,1-4H3,(H,28,32)/t16-/m1/s1. The van der Waals surface area contributed by atoms with Crippen LogP contribution in [-0.2, 0) is 26.2 Å². The van der Waals surface area contributed by atoms with Gasteiger partial charge in [0.05, 0.1) is 34.1 Å². The van der Waals surface area contributed by atoms with Crippen LogP contribution in [0, 0.1) is 0 Å². The fraction of sp³-hybridized carbons (Fsp3) is 0.417. The van der Waals surface area contributed by atoms with Crippen molar-refractivity contribution in [1.82, 2.24) is 10.2 Å². The molecule has 0 saturated carbocycles. The molecule has 0 saturated heterocycles. The highest BCUT2D eigenvalue weighted by molar-refractivity contribution is 7.92. The van der Waals surface area contributed by atoms with Gasteiger partial charge in [-0.3, -0.25) is 13.9 Å². The molecule has 0 aliphatic rings. The number of benzene rings is 2. The Hall–Kier alpha value is -2.20. The van der Waals surface area contributed by atoms with Gasteiger partial charge in [0.2, 0.25) is 21.8 Å². The summed E-state index contributed by atoms with van der Waals surface area (Å²) in [5.74, 6) is -0.306. The Morgan fingerprint density at radius 1 is 1.06 bits per heavy atom. The zero-order valence-corrected chi connectivity index (χ0v) is 23.6. The Morgan fingerprint density at radius 2 is 1.67 bits per heavy atom. The van der Waals surface area contributed by atoms with Crippen molar-refractivity contribution in [1.29, 1.82) is 0 Å². The van der Waals surface area contributed by atoms with Gasteiger partial charge in [-0.15, -0.1) is 0 Å². The first-order valence-electron chi connectivity index (χ1n) is 11.2. The van der Waals surface area contributed by atoms with Crippen LogP contribution >= 0.6 is 34.8 Å². The molecule has 0 unspecified atom stereocenters. The number of hydrogen-bond donors (Lipinski definition) is 1. The second-order valence-electron chi connectivity index (χ2n) is 8.18. The molecule has 0 aliphatic heterocycles. The summed E-state index contributed by atoms with van der Waals surface area (Å²) in [6.07, 6.45) is 2.65. The van der Waals surface area contributed by atoms with Crippen LogP contribution in [0.3, 0.4) is 0 Å². The molecule has 198 valence electrons. The highest BCUT2D eigenvalue weighted by Crippen LogP contribution is 2.35. The van der Waals surface area contributed by atoms with Crippen molar-refractivity contribution in [2.75, 3.05) is 30.8 Å². The molecule has 0 radical (unpaired) electrons. The van der Waals surface area contributed by atoms with E-state index < -0.39 is 28.5 Å². The predicted molar refractivity (Wildman–Crippen MR) is 145 cm³/mol. The van der Waals surface area contributed by atoms with Crippen molar-refractivity contribution in [3.8, 4) is 5.75 Å². The quantitative estimate of drug-likeness (QED) is 0.290. The van der Waals surface area contributed by atoms with E-state index in [4.69, 9.17) is 39.5 Å². The van der Waals surface area contributed by atoms with Crippen LogP contribution in [0.5, 0.6) is 5.75 Å². The summed E-state index contributed by atoms with van der Waals surface area (Å²) in [7, 11) is -2.42. The van der Waals surface area contributed by atoms with Gasteiger partial charge in [-0.2, -0.15) is 0 Å². The average molecular weight is 579 g/mol. The zero-order valence-electron chi connectivity index (χ0n) is 20.6. The summed E-state index contributed by atoms with van der Waals surface area (Å²) in [4.78, 5) is 27.7. The predicted octanol–water partition coefficient (Wildman–Crippen LogP) is 4.76. The average Bonchev–Trinajstić information content (AvgIpc) is 2.82. The van der Waals surface area contributed by atoms with E-state index in [9.17, 15) is 18.0 Å². The first kappa shape index (κ1) is 30.0. The van der Waals surface area contributed by atoms with E-state index >= 15 is 0 Å². The van der Waals surface area contributed by atoms with Crippen molar-refractivity contribution in [2.24, 2.45) is 0 Å². The van der Waals surface area contributed by atoms with Gasteiger partial charge in [0.15, 0.2) is 0 Å². The molecule has 0 bridgehead atoms. The van der Waals surface area contributed by atoms with E-state index in [1.165, 1.54) is 17.0 Å². The Labute approximate surface area is 227 Å². The van der Waals surface area contributed by atoms with Gasteiger partial charge in [0.25, 0.3) is 0 Å². The van der Waals surface area contributed by atoms with Gasteiger partial charge in [0.1, 0.15) is 18.3 Å². The van der Waals surface area contributed by atoms with Crippen LogP contribution in [0.2, 0.25) is 15.1 Å². The number of rotatable bonds is 12. The van der Waals surface area contributed by atoms with Crippen molar-refractivity contribution < 1.29 is 22.7 Å². The Bertz CT molecular complexity index is 1180. The van der Waals surface area contributed by atoms with E-state index in [-0.39, 0.29) is 33.2 Å². The van der Waals surface area contributed by atoms with Crippen molar-refractivity contribution >= 4 is 62.3 Å². The largest absolute Gasteiger partial charge is 0.497 e. The van der Waals surface area contributed by atoms with Gasteiger partial charge in [0, 0.05) is 13.1 Å².